The van der Waals surface area contributed by atoms with Crippen LogP contribution >= 0.6 is 0 Å². The van der Waals surface area contributed by atoms with Crippen LogP contribution in [-0.4, -0.2) is 62.0 Å². The van der Waals surface area contributed by atoms with Crippen LogP contribution in [0.1, 0.15) is 24.8 Å². The number of rotatable bonds is 5. The molecule has 2 aliphatic heterocycles. The molecule has 0 bridgehead atoms. The average molecular weight is 420 g/mol. The molecule has 156 valence electrons. The molecule has 0 spiro atoms. The predicted molar refractivity (Wildman–Crippen MR) is 111 cm³/mol. The molecule has 29 heavy (non-hydrogen) atoms. The molecule has 0 aliphatic carbocycles. The topological polar surface area (TPSA) is 69.6 Å². The maximum Gasteiger partial charge on any atom is 0.227 e. The molecule has 0 saturated carbocycles. The monoisotopic (exact) mass is 419 g/mol. The fourth-order valence-electron chi connectivity index (χ4n) is 3.89. The van der Waals surface area contributed by atoms with Crippen molar-refractivity contribution in [1.29, 1.82) is 0 Å². The third-order valence-corrected chi connectivity index (χ3v) is 7.31. The van der Waals surface area contributed by atoms with Gasteiger partial charge in [0.1, 0.15) is 11.6 Å². The fraction of sp³-hybridized carbons (Fsp3) is 0.500. The minimum absolute atomic E-state index is 0.183. The Balaban J connectivity index is 1.39. The number of nitrogens with zero attached hydrogens (tertiary/aromatic N) is 5. The van der Waals surface area contributed by atoms with Gasteiger partial charge in [-0.3, -0.25) is 0 Å². The van der Waals surface area contributed by atoms with Gasteiger partial charge in [0.15, 0.2) is 0 Å². The van der Waals surface area contributed by atoms with Crippen LogP contribution in [0.5, 0.6) is 0 Å². The van der Waals surface area contributed by atoms with E-state index >= 15 is 0 Å². The van der Waals surface area contributed by atoms with E-state index in [9.17, 15) is 12.8 Å². The van der Waals surface area contributed by atoms with Gasteiger partial charge >= 0.3 is 0 Å². The lowest BCUT2D eigenvalue weighted by Gasteiger charge is -2.35. The van der Waals surface area contributed by atoms with Gasteiger partial charge in [0.2, 0.25) is 16.0 Å². The van der Waals surface area contributed by atoms with Crippen molar-refractivity contribution >= 4 is 21.8 Å². The summed E-state index contributed by atoms with van der Waals surface area (Å²) in [4.78, 5) is 13.4. The van der Waals surface area contributed by atoms with Crippen molar-refractivity contribution in [3.8, 4) is 0 Å². The normalized spacial score (nSPS) is 18.8. The molecule has 3 heterocycles. The molecule has 2 aliphatic rings. The van der Waals surface area contributed by atoms with Crippen LogP contribution in [0.2, 0.25) is 0 Å². The molecule has 2 fully saturated rings. The van der Waals surface area contributed by atoms with Gasteiger partial charge in [-0.1, -0.05) is 12.1 Å². The number of halogens is 1. The standard InChI is InChI=1S/C20H26FN5O2S/c21-18-6-4-5-17(15-18)16-29(27,28)26-13-11-24(12-14-26)19-7-8-22-20(23-19)25-9-2-1-3-10-25/h4-8,15H,1-3,9-14,16H2. The molecular weight excluding hydrogens is 393 g/mol. The number of piperazine rings is 1. The highest BCUT2D eigenvalue weighted by atomic mass is 32.2. The Kier molecular flexibility index (Phi) is 5.96. The molecule has 0 amide bonds. The molecule has 0 unspecified atom stereocenters. The smallest absolute Gasteiger partial charge is 0.227 e. The van der Waals surface area contributed by atoms with E-state index in [1.165, 1.54) is 28.9 Å². The lowest BCUT2D eigenvalue weighted by Crippen LogP contribution is -2.49. The first-order valence-electron chi connectivity index (χ1n) is 10.1. The van der Waals surface area contributed by atoms with E-state index in [1.807, 2.05) is 6.07 Å². The summed E-state index contributed by atoms with van der Waals surface area (Å²) < 4.78 is 40.3. The van der Waals surface area contributed by atoms with Crippen molar-refractivity contribution in [1.82, 2.24) is 14.3 Å². The molecule has 7 nitrogen and oxygen atoms in total. The second-order valence-corrected chi connectivity index (χ2v) is 9.50. The van der Waals surface area contributed by atoms with E-state index in [4.69, 9.17) is 4.98 Å². The van der Waals surface area contributed by atoms with E-state index in [0.29, 0.717) is 31.7 Å². The largest absolute Gasteiger partial charge is 0.354 e. The first kappa shape index (κ1) is 20.0. The van der Waals surface area contributed by atoms with Crippen molar-refractivity contribution in [3.63, 3.8) is 0 Å². The van der Waals surface area contributed by atoms with Gasteiger partial charge in [-0.15, -0.1) is 0 Å². The summed E-state index contributed by atoms with van der Waals surface area (Å²) in [7, 11) is -3.49. The van der Waals surface area contributed by atoms with Gasteiger partial charge in [-0.2, -0.15) is 9.29 Å². The number of anilines is 2. The number of benzene rings is 1. The molecule has 0 atom stereocenters. The molecule has 9 heteroatoms. The average Bonchev–Trinajstić information content (AvgIpc) is 2.74. The van der Waals surface area contributed by atoms with E-state index in [-0.39, 0.29) is 5.75 Å². The maximum absolute atomic E-state index is 13.4. The summed E-state index contributed by atoms with van der Waals surface area (Å²) in [6.45, 7) is 3.88. The molecule has 0 N–H and O–H groups in total. The third-order valence-electron chi connectivity index (χ3n) is 5.46. The van der Waals surface area contributed by atoms with Crippen molar-refractivity contribution in [2.75, 3.05) is 49.1 Å². The van der Waals surface area contributed by atoms with Crippen molar-refractivity contribution in [2.45, 2.75) is 25.0 Å². The fourth-order valence-corrected chi connectivity index (χ4v) is 5.39. The summed E-state index contributed by atoms with van der Waals surface area (Å²) in [6, 6.07) is 7.64. The number of hydrogen-bond acceptors (Lipinski definition) is 6. The van der Waals surface area contributed by atoms with Crippen LogP contribution < -0.4 is 9.80 Å². The zero-order chi connectivity index (χ0) is 20.3. The second-order valence-electron chi connectivity index (χ2n) is 7.53. The summed E-state index contributed by atoms with van der Waals surface area (Å²) in [5, 5.41) is 0. The van der Waals surface area contributed by atoms with Gasteiger partial charge < -0.3 is 9.80 Å². The van der Waals surface area contributed by atoms with Crippen molar-refractivity contribution < 1.29 is 12.8 Å². The molecule has 4 rings (SSSR count). The quantitative estimate of drug-likeness (QED) is 0.741. The highest BCUT2D eigenvalue weighted by Crippen LogP contribution is 2.21. The molecule has 0 radical (unpaired) electrons. The molecule has 2 saturated heterocycles. The van der Waals surface area contributed by atoms with Crippen LogP contribution in [-0.2, 0) is 15.8 Å². The van der Waals surface area contributed by atoms with Gasteiger partial charge in [-0.25, -0.2) is 17.8 Å². The SMILES string of the molecule is O=S(=O)(Cc1cccc(F)c1)N1CCN(c2ccnc(N3CCCCC3)n2)CC1. The summed E-state index contributed by atoms with van der Waals surface area (Å²) in [6.07, 6.45) is 5.35. The van der Waals surface area contributed by atoms with Gasteiger partial charge in [0, 0.05) is 45.5 Å². The van der Waals surface area contributed by atoms with E-state index in [2.05, 4.69) is 14.8 Å². The first-order valence-corrected chi connectivity index (χ1v) is 11.7. The van der Waals surface area contributed by atoms with Crippen LogP contribution in [0.15, 0.2) is 36.5 Å². The maximum atomic E-state index is 13.4. The van der Waals surface area contributed by atoms with Gasteiger partial charge in [0.05, 0.1) is 5.75 Å². The van der Waals surface area contributed by atoms with E-state index in [1.54, 1.807) is 12.3 Å². The van der Waals surface area contributed by atoms with E-state index < -0.39 is 15.8 Å². The minimum Gasteiger partial charge on any atom is -0.354 e. The Labute approximate surface area is 171 Å². The highest BCUT2D eigenvalue weighted by molar-refractivity contribution is 7.88. The molecule has 1 aromatic carbocycles. The molecular formula is C20H26FN5O2S. The Bertz CT molecular complexity index is 941. The number of sulfonamides is 1. The number of aromatic nitrogens is 2. The zero-order valence-electron chi connectivity index (χ0n) is 16.4. The Morgan fingerprint density at radius 1 is 0.931 bits per heavy atom. The van der Waals surface area contributed by atoms with E-state index in [0.717, 1.165) is 37.7 Å². The Hall–Kier alpha value is -2.26. The first-order chi connectivity index (χ1) is 14.0. The van der Waals surface area contributed by atoms with Crippen LogP contribution in [0.25, 0.3) is 0 Å². The third kappa shape index (κ3) is 4.84. The van der Waals surface area contributed by atoms with Crippen molar-refractivity contribution in [2.24, 2.45) is 0 Å². The van der Waals surface area contributed by atoms with Crippen molar-refractivity contribution in [3.05, 3.63) is 47.9 Å². The van der Waals surface area contributed by atoms with Gasteiger partial charge in [-0.05, 0) is 43.0 Å². The second kappa shape index (κ2) is 8.62. The predicted octanol–water partition coefficient (Wildman–Crippen LogP) is 2.26. The van der Waals surface area contributed by atoms with Gasteiger partial charge in [0.25, 0.3) is 0 Å². The highest BCUT2D eigenvalue weighted by Gasteiger charge is 2.28. The van der Waals surface area contributed by atoms with Crippen LogP contribution in [0.3, 0.4) is 0 Å². The lowest BCUT2D eigenvalue weighted by atomic mass is 10.1. The lowest BCUT2D eigenvalue weighted by molar-refractivity contribution is 0.383. The summed E-state index contributed by atoms with van der Waals surface area (Å²) >= 11 is 0. The molecule has 1 aromatic heterocycles. The van der Waals surface area contributed by atoms with Crippen LogP contribution in [0.4, 0.5) is 16.2 Å². The van der Waals surface area contributed by atoms with Crippen LogP contribution in [0, 0.1) is 5.82 Å². The number of hydrogen-bond donors (Lipinski definition) is 0. The summed E-state index contributed by atoms with van der Waals surface area (Å²) in [5.41, 5.74) is 0.467. The summed E-state index contributed by atoms with van der Waals surface area (Å²) in [5.74, 6) is 0.985. The number of piperidine rings is 1. The Morgan fingerprint density at radius 2 is 1.69 bits per heavy atom. The molecule has 2 aromatic rings. The Morgan fingerprint density at radius 3 is 2.41 bits per heavy atom. The zero-order valence-corrected chi connectivity index (χ0v) is 17.2. The minimum atomic E-state index is -3.49.